The van der Waals surface area contributed by atoms with Gasteiger partial charge in [0.25, 0.3) is 5.91 Å². The Hall–Kier alpha value is -1.46. The Labute approximate surface area is 137 Å². The van der Waals surface area contributed by atoms with Crippen LogP contribution in [0.1, 0.15) is 28.8 Å². The molecule has 1 aromatic rings. The molecule has 4 nitrogen and oxygen atoms in total. The van der Waals surface area contributed by atoms with Gasteiger partial charge in [0.05, 0.1) is 18.3 Å². The molecule has 1 aromatic carbocycles. The van der Waals surface area contributed by atoms with Gasteiger partial charge in [-0.25, -0.2) is 4.39 Å². The summed E-state index contributed by atoms with van der Waals surface area (Å²) >= 11 is 0. The lowest BCUT2D eigenvalue weighted by Gasteiger charge is -2.34. The number of morpholine rings is 1. The molecule has 2 fully saturated rings. The molecule has 0 radical (unpaired) electrons. The monoisotopic (exact) mass is 320 g/mol. The van der Waals surface area contributed by atoms with Gasteiger partial charge in [-0.2, -0.15) is 0 Å². The molecule has 1 saturated heterocycles. The van der Waals surface area contributed by atoms with Crippen LogP contribution in [0.4, 0.5) is 4.39 Å². The predicted octanol–water partition coefficient (Wildman–Crippen LogP) is 2.32. The lowest BCUT2D eigenvalue weighted by molar-refractivity contribution is -0.0332. The fourth-order valence-electron chi connectivity index (χ4n) is 3.05. The summed E-state index contributed by atoms with van der Waals surface area (Å²) in [6.07, 6.45) is 2.32. The van der Waals surface area contributed by atoms with E-state index in [4.69, 9.17) is 4.74 Å². The molecule has 5 heteroatoms. The molecule has 1 saturated carbocycles. The molecule has 23 heavy (non-hydrogen) atoms. The van der Waals surface area contributed by atoms with Crippen LogP contribution in [-0.2, 0) is 4.74 Å². The molecule has 3 rings (SSSR count). The smallest absolute Gasteiger partial charge is 0.256 e. The van der Waals surface area contributed by atoms with E-state index in [1.807, 2.05) is 6.92 Å². The van der Waals surface area contributed by atoms with Crippen LogP contribution in [0, 0.1) is 18.7 Å². The van der Waals surface area contributed by atoms with Crippen LogP contribution in [0.2, 0.25) is 0 Å². The Morgan fingerprint density at radius 1 is 1.39 bits per heavy atom. The van der Waals surface area contributed by atoms with E-state index in [-0.39, 0.29) is 17.6 Å². The van der Waals surface area contributed by atoms with Crippen molar-refractivity contribution in [2.75, 3.05) is 39.8 Å². The highest BCUT2D eigenvalue weighted by Gasteiger charge is 2.31. The fraction of sp³-hybridized carbons (Fsp3) is 0.611. The Morgan fingerprint density at radius 2 is 2.17 bits per heavy atom. The number of ether oxygens (including phenoxy) is 1. The molecule has 0 spiro atoms. The first-order valence-electron chi connectivity index (χ1n) is 8.38. The molecular weight excluding hydrogens is 295 g/mol. The van der Waals surface area contributed by atoms with Crippen molar-refractivity contribution in [1.29, 1.82) is 0 Å². The van der Waals surface area contributed by atoms with Crippen LogP contribution in [0.25, 0.3) is 0 Å². The van der Waals surface area contributed by atoms with Gasteiger partial charge in [0.2, 0.25) is 0 Å². The second kappa shape index (κ2) is 6.97. The van der Waals surface area contributed by atoms with Crippen molar-refractivity contribution in [2.45, 2.75) is 25.9 Å². The normalized spacial score (nSPS) is 22.1. The van der Waals surface area contributed by atoms with Gasteiger partial charge in [-0.05, 0) is 44.9 Å². The Kier molecular flexibility index (Phi) is 4.97. The number of carbonyl (C=O) groups excluding carboxylic acids is 1. The predicted molar refractivity (Wildman–Crippen MR) is 87.0 cm³/mol. The van der Waals surface area contributed by atoms with Crippen LogP contribution in [0.5, 0.6) is 0 Å². The van der Waals surface area contributed by atoms with Gasteiger partial charge in [-0.15, -0.1) is 0 Å². The lowest BCUT2D eigenvalue weighted by Crippen LogP contribution is -2.48. The minimum absolute atomic E-state index is 0.00400. The molecule has 1 aliphatic carbocycles. The quantitative estimate of drug-likeness (QED) is 0.835. The van der Waals surface area contributed by atoms with E-state index in [1.54, 1.807) is 17.0 Å². The van der Waals surface area contributed by atoms with Crippen molar-refractivity contribution in [1.82, 2.24) is 9.80 Å². The van der Waals surface area contributed by atoms with E-state index in [0.29, 0.717) is 25.6 Å². The zero-order chi connectivity index (χ0) is 16.4. The molecule has 0 aromatic heterocycles. The third-order valence-corrected chi connectivity index (χ3v) is 4.58. The third-order valence-electron chi connectivity index (χ3n) is 4.58. The largest absolute Gasteiger partial charge is 0.374 e. The highest BCUT2D eigenvalue weighted by molar-refractivity contribution is 5.94. The number of nitrogens with zero attached hydrogens (tertiary/aromatic N) is 2. The number of amides is 1. The molecule has 2 aliphatic rings. The van der Waals surface area contributed by atoms with Crippen LogP contribution in [-0.4, -0.2) is 61.6 Å². The summed E-state index contributed by atoms with van der Waals surface area (Å²) in [4.78, 5) is 16.9. The summed E-state index contributed by atoms with van der Waals surface area (Å²) in [6, 6.07) is 4.71. The van der Waals surface area contributed by atoms with E-state index < -0.39 is 5.82 Å². The number of benzene rings is 1. The number of hydrogen-bond donors (Lipinski definition) is 0. The molecule has 126 valence electrons. The summed E-state index contributed by atoms with van der Waals surface area (Å²) < 4.78 is 19.9. The minimum atomic E-state index is -0.442. The van der Waals surface area contributed by atoms with Crippen molar-refractivity contribution < 1.29 is 13.9 Å². The lowest BCUT2D eigenvalue weighted by atomic mass is 10.1. The van der Waals surface area contributed by atoms with Gasteiger partial charge < -0.3 is 14.5 Å². The van der Waals surface area contributed by atoms with Crippen molar-refractivity contribution in [3.8, 4) is 0 Å². The van der Waals surface area contributed by atoms with E-state index in [2.05, 4.69) is 11.9 Å². The Morgan fingerprint density at radius 3 is 2.87 bits per heavy atom. The SMILES string of the molecule is Cc1ccc(F)c(C(=O)N(CC2CC2)C[C@@H]2CN(C)CCO2)c1. The zero-order valence-corrected chi connectivity index (χ0v) is 13.9. The van der Waals surface area contributed by atoms with E-state index >= 15 is 0 Å². The highest BCUT2D eigenvalue weighted by Crippen LogP contribution is 2.30. The van der Waals surface area contributed by atoms with E-state index in [1.165, 1.54) is 6.07 Å². The Bertz CT molecular complexity index is 574. The topological polar surface area (TPSA) is 32.8 Å². The van der Waals surface area contributed by atoms with Crippen molar-refractivity contribution in [3.63, 3.8) is 0 Å². The first-order valence-corrected chi connectivity index (χ1v) is 8.38. The maximum Gasteiger partial charge on any atom is 0.256 e. The molecule has 0 unspecified atom stereocenters. The number of rotatable bonds is 5. The average molecular weight is 320 g/mol. The average Bonchev–Trinajstić information content (AvgIpc) is 3.32. The number of hydrogen-bond acceptors (Lipinski definition) is 3. The number of aryl methyl sites for hydroxylation is 1. The molecule has 1 atom stereocenters. The van der Waals surface area contributed by atoms with Crippen molar-refractivity contribution in [2.24, 2.45) is 5.92 Å². The van der Waals surface area contributed by atoms with Gasteiger partial charge in [0.15, 0.2) is 0 Å². The van der Waals surface area contributed by atoms with Gasteiger partial charge in [-0.1, -0.05) is 11.6 Å². The standard InChI is InChI=1S/C18H25FN2O2/c1-13-3-6-17(19)16(9-13)18(22)21(10-14-4-5-14)12-15-11-20(2)7-8-23-15/h3,6,9,14-15H,4-5,7-8,10-12H2,1-2H3/t15-/m0/s1. The fourth-order valence-corrected chi connectivity index (χ4v) is 3.05. The minimum Gasteiger partial charge on any atom is -0.374 e. The molecule has 1 aliphatic heterocycles. The van der Waals surface area contributed by atoms with Crippen LogP contribution < -0.4 is 0 Å². The summed E-state index contributed by atoms with van der Waals surface area (Å²) in [5.41, 5.74) is 1.07. The third kappa shape index (κ3) is 4.30. The van der Waals surface area contributed by atoms with Gasteiger partial charge in [-0.3, -0.25) is 4.79 Å². The van der Waals surface area contributed by atoms with E-state index in [0.717, 1.165) is 31.5 Å². The van der Waals surface area contributed by atoms with Gasteiger partial charge in [0, 0.05) is 26.2 Å². The van der Waals surface area contributed by atoms with Crippen LogP contribution >= 0.6 is 0 Å². The first kappa shape index (κ1) is 16.4. The highest BCUT2D eigenvalue weighted by atomic mass is 19.1. The molecular formula is C18H25FN2O2. The van der Waals surface area contributed by atoms with Gasteiger partial charge in [0.1, 0.15) is 5.82 Å². The maximum absolute atomic E-state index is 14.1. The van der Waals surface area contributed by atoms with Crippen molar-refractivity contribution >= 4 is 5.91 Å². The summed E-state index contributed by atoms with van der Waals surface area (Å²) in [5.74, 6) is -0.0915. The summed E-state index contributed by atoms with van der Waals surface area (Å²) in [6.45, 7) is 5.53. The molecule has 1 amide bonds. The second-order valence-electron chi connectivity index (χ2n) is 6.89. The summed E-state index contributed by atoms with van der Waals surface area (Å²) in [5, 5.41) is 0. The number of carbonyl (C=O) groups is 1. The van der Waals surface area contributed by atoms with Crippen molar-refractivity contribution in [3.05, 3.63) is 35.1 Å². The second-order valence-corrected chi connectivity index (χ2v) is 6.89. The van der Waals surface area contributed by atoms with Gasteiger partial charge >= 0.3 is 0 Å². The number of likely N-dealkylation sites (N-methyl/N-ethyl adjacent to an activating group) is 1. The van der Waals surface area contributed by atoms with E-state index in [9.17, 15) is 9.18 Å². The first-order chi connectivity index (χ1) is 11.0. The number of halogens is 1. The van der Waals surface area contributed by atoms with Crippen LogP contribution in [0.15, 0.2) is 18.2 Å². The molecule has 0 bridgehead atoms. The molecule has 0 N–H and O–H groups in total. The summed E-state index contributed by atoms with van der Waals surface area (Å²) in [7, 11) is 2.06. The van der Waals surface area contributed by atoms with Crippen LogP contribution in [0.3, 0.4) is 0 Å². The Balaban J connectivity index is 1.74. The molecule has 1 heterocycles. The zero-order valence-electron chi connectivity index (χ0n) is 13.9. The maximum atomic E-state index is 14.1.